The minimum absolute atomic E-state index is 0.0570. The van der Waals surface area contributed by atoms with Crippen molar-refractivity contribution in [2.75, 3.05) is 19.8 Å². The summed E-state index contributed by atoms with van der Waals surface area (Å²) in [6.45, 7) is 2.21. The fourth-order valence-electron chi connectivity index (χ4n) is 2.38. The summed E-state index contributed by atoms with van der Waals surface area (Å²) in [5, 5.41) is 0. The average molecular weight is 397 g/mol. The van der Waals surface area contributed by atoms with E-state index in [9.17, 15) is 16.8 Å². The number of nitrogens with zero attached hydrogens (tertiary/aromatic N) is 1. The van der Waals surface area contributed by atoms with Crippen LogP contribution in [0.5, 0.6) is 0 Å². The Morgan fingerprint density at radius 2 is 1.58 bits per heavy atom. The van der Waals surface area contributed by atoms with E-state index in [4.69, 9.17) is 0 Å². The molecule has 142 valence electrons. The molecule has 26 heavy (non-hydrogen) atoms. The van der Waals surface area contributed by atoms with Crippen LogP contribution in [0.15, 0.2) is 53.4 Å². The lowest BCUT2D eigenvalue weighted by atomic mass is 10.1. The molecule has 0 heterocycles. The van der Waals surface area contributed by atoms with Gasteiger partial charge in [-0.3, -0.25) is 0 Å². The first-order chi connectivity index (χ1) is 12.1. The van der Waals surface area contributed by atoms with E-state index < -0.39 is 20.0 Å². The van der Waals surface area contributed by atoms with Crippen LogP contribution >= 0.6 is 0 Å². The Kier molecular flexibility index (Phi) is 6.57. The highest BCUT2D eigenvalue weighted by molar-refractivity contribution is 7.89. The van der Waals surface area contributed by atoms with Crippen LogP contribution < -0.4 is 4.72 Å². The second kappa shape index (κ2) is 8.30. The molecule has 0 spiro atoms. The first kappa shape index (κ1) is 20.6. The van der Waals surface area contributed by atoms with Gasteiger partial charge in [0.1, 0.15) is 0 Å². The van der Waals surface area contributed by atoms with Gasteiger partial charge >= 0.3 is 0 Å². The third-order valence-electron chi connectivity index (χ3n) is 3.94. The number of hydrogen-bond acceptors (Lipinski definition) is 4. The van der Waals surface area contributed by atoms with Crippen molar-refractivity contribution in [3.63, 3.8) is 0 Å². The van der Waals surface area contributed by atoms with Crippen molar-refractivity contribution in [3.8, 4) is 0 Å². The Balaban J connectivity index is 1.95. The molecule has 0 bridgehead atoms. The molecule has 0 unspecified atom stereocenters. The molecule has 6 nitrogen and oxygen atoms in total. The molecule has 0 aromatic heterocycles. The van der Waals surface area contributed by atoms with Crippen molar-refractivity contribution >= 4 is 20.0 Å². The van der Waals surface area contributed by atoms with Gasteiger partial charge in [-0.2, -0.15) is 0 Å². The van der Waals surface area contributed by atoms with Crippen molar-refractivity contribution in [2.45, 2.75) is 24.8 Å². The maximum absolute atomic E-state index is 12.2. The third-order valence-corrected chi connectivity index (χ3v) is 7.10. The van der Waals surface area contributed by atoms with Crippen LogP contribution in [0.3, 0.4) is 0 Å². The van der Waals surface area contributed by atoms with Gasteiger partial charge in [0.15, 0.2) is 0 Å². The van der Waals surface area contributed by atoms with Crippen molar-refractivity contribution in [1.82, 2.24) is 9.03 Å². The van der Waals surface area contributed by atoms with Crippen LogP contribution in [0.2, 0.25) is 0 Å². The second-order valence-corrected chi connectivity index (χ2v) is 10.4. The molecule has 8 heteroatoms. The average Bonchev–Trinajstić information content (AvgIpc) is 2.59. The monoisotopic (exact) mass is 396 g/mol. The highest BCUT2D eigenvalue weighted by Gasteiger charge is 2.17. The molecule has 0 fully saturated rings. The second-order valence-electron chi connectivity index (χ2n) is 6.31. The van der Waals surface area contributed by atoms with E-state index in [0.717, 1.165) is 21.0 Å². The SMILES string of the molecule is Cc1cccc(CNS(=O)(=O)CCc2ccc(S(=O)(=O)N(C)C)cc2)c1. The number of hydrogen-bond donors (Lipinski definition) is 1. The quantitative estimate of drug-likeness (QED) is 0.739. The molecule has 0 saturated heterocycles. The number of sulfonamides is 2. The summed E-state index contributed by atoms with van der Waals surface area (Å²) in [6, 6.07) is 13.9. The van der Waals surface area contributed by atoms with Crippen LogP contribution in [0, 0.1) is 6.92 Å². The summed E-state index contributed by atoms with van der Waals surface area (Å²) >= 11 is 0. The minimum atomic E-state index is -3.48. The molecule has 1 N–H and O–H groups in total. The molecule has 0 aliphatic heterocycles. The van der Waals surface area contributed by atoms with Gasteiger partial charge in [-0.25, -0.2) is 25.9 Å². The first-order valence-electron chi connectivity index (χ1n) is 8.14. The lowest BCUT2D eigenvalue weighted by Crippen LogP contribution is -2.27. The molecule has 2 aromatic carbocycles. The van der Waals surface area contributed by atoms with Crippen LogP contribution in [-0.2, 0) is 33.0 Å². The van der Waals surface area contributed by atoms with E-state index in [1.54, 1.807) is 12.1 Å². The Labute approximate surface area is 156 Å². The summed E-state index contributed by atoms with van der Waals surface area (Å²) in [5.74, 6) is -0.0570. The van der Waals surface area contributed by atoms with Crippen LogP contribution in [0.1, 0.15) is 16.7 Å². The summed E-state index contributed by atoms with van der Waals surface area (Å²) in [6.07, 6.45) is 0.311. The summed E-state index contributed by atoms with van der Waals surface area (Å²) in [4.78, 5) is 0.187. The Bertz CT molecular complexity index is 951. The third kappa shape index (κ3) is 5.63. The lowest BCUT2D eigenvalue weighted by Gasteiger charge is -2.12. The van der Waals surface area contributed by atoms with E-state index in [2.05, 4.69) is 4.72 Å². The molecular formula is C18H24N2O4S2. The van der Waals surface area contributed by atoms with Crippen LogP contribution in [-0.4, -0.2) is 41.0 Å². The lowest BCUT2D eigenvalue weighted by molar-refractivity contribution is 0.520. The van der Waals surface area contributed by atoms with Crippen molar-refractivity contribution in [2.24, 2.45) is 0 Å². The van der Waals surface area contributed by atoms with Gasteiger partial charge in [-0.15, -0.1) is 0 Å². The number of aryl methyl sites for hydroxylation is 2. The summed E-state index contributed by atoms with van der Waals surface area (Å²) in [5.41, 5.74) is 2.75. The zero-order valence-electron chi connectivity index (χ0n) is 15.1. The summed E-state index contributed by atoms with van der Waals surface area (Å²) < 4.78 is 52.1. The van der Waals surface area contributed by atoms with E-state index >= 15 is 0 Å². The van der Waals surface area contributed by atoms with Gasteiger partial charge in [0.25, 0.3) is 0 Å². The van der Waals surface area contributed by atoms with Gasteiger partial charge in [-0.1, -0.05) is 42.0 Å². The zero-order valence-corrected chi connectivity index (χ0v) is 16.8. The van der Waals surface area contributed by atoms with Gasteiger partial charge in [-0.05, 0) is 36.6 Å². The van der Waals surface area contributed by atoms with Crippen molar-refractivity contribution in [1.29, 1.82) is 0 Å². The van der Waals surface area contributed by atoms with Crippen LogP contribution in [0.4, 0.5) is 0 Å². The maximum atomic E-state index is 12.2. The standard InChI is InChI=1S/C18H24N2O4S2/c1-15-5-4-6-17(13-15)14-19-25(21,22)12-11-16-7-9-18(10-8-16)26(23,24)20(2)3/h4-10,13,19H,11-12,14H2,1-3H3. The molecular weight excluding hydrogens is 372 g/mol. The van der Waals surface area contributed by atoms with Gasteiger partial charge in [0, 0.05) is 20.6 Å². The topological polar surface area (TPSA) is 83.5 Å². The minimum Gasteiger partial charge on any atom is -0.212 e. The Morgan fingerprint density at radius 3 is 2.15 bits per heavy atom. The zero-order chi connectivity index (χ0) is 19.4. The molecule has 2 aromatic rings. The smallest absolute Gasteiger partial charge is 0.212 e. The largest absolute Gasteiger partial charge is 0.242 e. The van der Waals surface area contributed by atoms with Crippen molar-refractivity contribution in [3.05, 3.63) is 65.2 Å². The molecule has 0 radical (unpaired) electrons. The molecule has 0 aliphatic rings. The van der Waals surface area contributed by atoms with Crippen molar-refractivity contribution < 1.29 is 16.8 Å². The number of nitrogens with one attached hydrogen (secondary N) is 1. The van der Waals surface area contributed by atoms with E-state index in [1.165, 1.54) is 26.2 Å². The Morgan fingerprint density at radius 1 is 0.923 bits per heavy atom. The highest BCUT2D eigenvalue weighted by Crippen LogP contribution is 2.14. The summed E-state index contributed by atoms with van der Waals surface area (Å²) in [7, 11) is -3.96. The fourth-order valence-corrected chi connectivity index (χ4v) is 4.32. The predicted octanol–water partition coefficient (Wildman–Crippen LogP) is 1.91. The molecule has 0 aliphatic carbocycles. The van der Waals surface area contributed by atoms with E-state index in [1.807, 2.05) is 31.2 Å². The predicted molar refractivity (Wildman–Crippen MR) is 103 cm³/mol. The molecule has 0 saturated carbocycles. The number of benzene rings is 2. The van der Waals surface area contributed by atoms with Gasteiger partial charge < -0.3 is 0 Å². The fraction of sp³-hybridized carbons (Fsp3) is 0.333. The molecule has 0 amide bonds. The Hall–Kier alpha value is -1.74. The van der Waals surface area contributed by atoms with E-state index in [-0.39, 0.29) is 17.2 Å². The first-order valence-corrected chi connectivity index (χ1v) is 11.2. The van der Waals surface area contributed by atoms with Crippen LogP contribution in [0.25, 0.3) is 0 Å². The van der Waals surface area contributed by atoms with Gasteiger partial charge in [0.05, 0.1) is 10.6 Å². The normalized spacial score (nSPS) is 12.5. The van der Waals surface area contributed by atoms with Gasteiger partial charge in [0.2, 0.25) is 20.0 Å². The molecule has 2 rings (SSSR count). The van der Waals surface area contributed by atoms with E-state index in [0.29, 0.717) is 6.42 Å². The highest BCUT2D eigenvalue weighted by atomic mass is 32.2. The number of rotatable bonds is 8. The maximum Gasteiger partial charge on any atom is 0.242 e. The molecule has 0 atom stereocenters.